The van der Waals surface area contributed by atoms with E-state index in [2.05, 4.69) is 5.32 Å². The zero-order valence-electron chi connectivity index (χ0n) is 10.1. The second-order valence-corrected chi connectivity index (χ2v) is 4.89. The number of aromatic hydroxyl groups is 1. The fourth-order valence-electron chi connectivity index (χ4n) is 1.71. The van der Waals surface area contributed by atoms with E-state index in [1.807, 2.05) is 6.07 Å². The third-order valence-corrected chi connectivity index (χ3v) is 3.18. The van der Waals surface area contributed by atoms with Gasteiger partial charge in [-0.25, -0.2) is 4.39 Å². The third-order valence-electron chi connectivity index (χ3n) is 2.68. The summed E-state index contributed by atoms with van der Waals surface area (Å²) < 4.78 is 13.0. The van der Waals surface area contributed by atoms with E-state index >= 15 is 0 Å². The van der Waals surface area contributed by atoms with Crippen molar-refractivity contribution in [2.75, 3.05) is 5.32 Å². The van der Waals surface area contributed by atoms with Gasteiger partial charge in [-0.1, -0.05) is 23.2 Å². The predicted octanol–water partition coefficient (Wildman–Crippen LogP) is 4.32. The molecule has 3 nitrogen and oxygen atoms in total. The number of nitrogens with zero attached hydrogens (tertiary/aromatic N) is 1. The summed E-state index contributed by atoms with van der Waals surface area (Å²) >= 11 is 11.7. The number of hydrogen-bond donors (Lipinski definition) is 2. The first-order chi connectivity index (χ1) is 9.51. The molecule has 2 aromatic carbocycles. The van der Waals surface area contributed by atoms with Crippen molar-refractivity contribution in [1.82, 2.24) is 0 Å². The minimum Gasteiger partial charge on any atom is -0.506 e. The molecule has 2 N–H and O–H groups in total. The normalized spacial score (nSPS) is 10.1. The maximum atomic E-state index is 13.0. The Morgan fingerprint density at radius 2 is 2.00 bits per heavy atom. The predicted molar refractivity (Wildman–Crippen MR) is 76.6 cm³/mol. The Labute approximate surface area is 125 Å². The first-order valence-electron chi connectivity index (χ1n) is 5.61. The molecule has 6 heteroatoms. The molecule has 0 saturated heterocycles. The zero-order valence-corrected chi connectivity index (χ0v) is 11.6. The lowest BCUT2D eigenvalue weighted by molar-refractivity contribution is 0.469. The molecule has 0 amide bonds. The summed E-state index contributed by atoms with van der Waals surface area (Å²) in [4.78, 5) is 0. The van der Waals surface area contributed by atoms with E-state index in [0.717, 1.165) is 6.07 Å². The number of rotatable bonds is 3. The second-order valence-electron chi connectivity index (χ2n) is 4.05. The van der Waals surface area contributed by atoms with Gasteiger partial charge in [-0.2, -0.15) is 5.26 Å². The summed E-state index contributed by atoms with van der Waals surface area (Å²) in [6.07, 6.45) is 0. The van der Waals surface area contributed by atoms with Crippen LogP contribution in [0.25, 0.3) is 0 Å². The second kappa shape index (κ2) is 6.00. The molecule has 0 aliphatic carbocycles. The van der Waals surface area contributed by atoms with Crippen molar-refractivity contribution in [3.8, 4) is 11.8 Å². The van der Waals surface area contributed by atoms with Crippen molar-refractivity contribution >= 4 is 28.9 Å². The highest BCUT2D eigenvalue weighted by molar-refractivity contribution is 6.35. The van der Waals surface area contributed by atoms with Crippen LogP contribution in [0.3, 0.4) is 0 Å². The van der Waals surface area contributed by atoms with E-state index < -0.39 is 5.82 Å². The van der Waals surface area contributed by atoms with Crippen LogP contribution in [0.2, 0.25) is 10.0 Å². The lowest BCUT2D eigenvalue weighted by Crippen LogP contribution is -2.02. The standard InChI is InChI=1S/C14H9Cl2FN2O/c15-10-3-9(14(20)12(16)5-10)7-19-13-2-1-11(17)4-8(13)6-18/h1-5,19-20H,7H2. The van der Waals surface area contributed by atoms with Crippen molar-refractivity contribution in [1.29, 1.82) is 5.26 Å². The van der Waals surface area contributed by atoms with Gasteiger partial charge in [0.25, 0.3) is 0 Å². The number of nitrogens with one attached hydrogen (secondary N) is 1. The van der Waals surface area contributed by atoms with Crippen LogP contribution in [-0.4, -0.2) is 5.11 Å². The van der Waals surface area contributed by atoms with E-state index in [9.17, 15) is 9.50 Å². The van der Waals surface area contributed by atoms with E-state index in [-0.39, 0.29) is 22.9 Å². The molecule has 0 unspecified atom stereocenters. The van der Waals surface area contributed by atoms with Gasteiger partial charge in [-0.15, -0.1) is 0 Å². The van der Waals surface area contributed by atoms with Crippen LogP contribution in [-0.2, 0) is 6.54 Å². The molecule has 0 saturated carbocycles. The van der Waals surface area contributed by atoms with Gasteiger partial charge in [-0.3, -0.25) is 0 Å². The first kappa shape index (κ1) is 14.4. The maximum Gasteiger partial charge on any atom is 0.139 e. The average molecular weight is 311 g/mol. The number of halogens is 3. The molecule has 20 heavy (non-hydrogen) atoms. The lowest BCUT2D eigenvalue weighted by Gasteiger charge is -2.11. The molecule has 0 aliphatic rings. The quantitative estimate of drug-likeness (QED) is 0.887. The van der Waals surface area contributed by atoms with Crippen molar-refractivity contribution in [2.45, 2.75) is 6.54 Å². The van der Waals surface area contributed by atoms with Crippen LogP contribution >= 0.6 is 23.2 Å². The van der Waals surface area contributed by atoms with Gasteiger partial charge in [0.05, 0.1) is 16.3 Å². The molecular formula is C14H9Cl2FN2O. The molecule has 0 spiro atoms. The van der Waals surface area contributed by atoms with Crippen LogP contribution in [0, 0.1) is 17.1 Å². The summed E-state index contributed by atoms with van der Waals surface area (Å²) in [7, 11) is 0. The van der Waals surface area contributed by atoms with Crippen LogP contribution in [0.15, 0.2) is 30.3 Å². The Hall–Kier alpha value is -1.96. The van der Waals surface area contributed by atoms with E-state index in [4.69, 9.17) is 28.5 Å². The number of nitriles is 1. The minimum atomic E-state index is -0.485. The van der Waals surface area contributed by atoms with Gasteiger partial charge < -0.3 is 10.4 Å². The van der Waals surface area contributed by atoms with Crippen LogP contribution in [0.4, 0.5) is 10.1 Å². The van der Waals surface area contributed by atoms with Crippen molar-refractivity contribution in [3.63, 3.8) is 0 Å². The van der Waals surface area contributed by atoms with Gasteiger partial charge in [0.15, 0.2) is 0 Å². The summed E-state index contributed by atoms with van der Waals surface area (Å²) in [6, 6.07) is 8.72. The van der Waals surface area contributed by atoms with Gasteiger partial charge in [0, 0.05) is 17.1 Å². The fraction of sp³-hybridized carbons (Fsp3) is 0.0714. The zero-order chi connectivity index (χ0) is 14.7. The van der Waals surface area contributed by atoms with Crippen LogP contribution in [0.5, 0.6) is 5.75 Å². The average Bonchev–Trinajstić information content (AvgIpc) is 2.42. The van der Waals surface area contributed by atoms with Gasteiger partial charge in [0.1, 0.15) is 17.6 Å². The lowest BCUT2D eigenvalue weighted by atomic mass is 10.1. The van der Waals surface area contributed by atoms with Gasteiger partial charge in [-0.05, 0) is 30.3 Å². The molecule has 102 valence electrons. The molecule has 0 bridgehead atoms. The minimum absolute atomic E-state index is 0.0795. The summed E-state index contributed by atoms with van der Waals surface area (Å²) in [6.45, 7) is 0.201. The molecule has 0 heterocycles. The van der Waals surface area contributed by atoms with E-state index in [1.54, 1.807) is 6.07 Å². The van der Waals surface area contributed by atoms with Gasteiger partial charge in [0.2, 0.25) is 0 Å². The largest absolute Gasteiger partial charge is 0.506 e. The molecule has 2 aromatic rings. The SMILES string of the molecule is N#Cc1cc(F)ccc1NCc1cc(Cl)cc(Cl)c1O. The Morgan fingerprint density at radius 3 is 2.70 bits per heavy atom. The molecule has 0 aromatic heterocycles. The Kier molecular flexibility index (Phi) is 4.33. The topological polar surface area (TPSA) is 56.0 Å². The fourth-order valence-corrected chi connectivity index (χ4v) is 2.24. The van der Waals surface area contributed by atoms with Crippen molar-refractivity contribution in [3.05, 3.63) is 57.3 Å². The van der Waals surface area contributed by atoms with Crippen LogP contribution in [0.1, 0.15) is 11.1 Å². The number of benzene rings is 2. The maximum absolute atomic E-state index is 13.0. The van der Waals surface area contributed by atoms with E-state index in [0.29, 0.717) is 16.3 Å². The molecule has 0 radical (unpaired) electrons. The molecule has 0 aliphatic heterocycles. The number of hydrogen-bond acceptors (Lipinski definition) is 3. The number of phenolic OH excluding ortho intramolecular Hbond substituents is 1. The number of anilines is 1. The summed E-state index contributed by atoms with van der Waals surface area (Å²) in [5.74, 6) is -0.565. The Bertz CT molecular complexity index is 698. The Balaban J connectivity index is 2.24. The number of phenols is 1. The summed E-state index contributed by atoms with van der Waals surface area (Å²) in [5.41, 5.74) is 1.12. The Morgan fingerprint density at radius 1 is 1.25 bits per heavy atom. The highest BCUT2D eigenvalue weighted by atomic mass is 35.5. The van der Waals surface area contributed by atoms with Gasteiger partial charge >= 0.3 is 0 Å². The van der Waals surface area contributed by atoms with Crippen molar-refractivity contribution in [2.24, 2.45) is 0 Å². The molecular weight excluding hydrogens is 302 g/mol. The first-order valence-corrected chi connectivity index (χ1v) is 6.37. The van der Waals surface area contributed by atoms with E-state index in [1.165, 1.54) is 18.2 Å². The molecule has 0 fully saturated rings. The molecule has 2 rings (SSSR count). The smallest absolute Gasteiger partial charge is 0.139 e. The highest BCUT2D eigenvalue weighted by Gasteiger charge is 2.09. The molecule has 0 atom stereocenters. The monoisotopic (exact) mass is 310 g/mol. The van der Waals surface area contributed by atoms with Crippen LogP contribution < -0.4 is 5.32 Å². The highest BCUT2D eigenvalue weighted by Crippen LogP contribution is 2.31. The van der Waals surface area contributed by atoms with Crippen molar-refractivity contribution < 1.29 is 9.50 Å². The summed E-state index contributed by atoms with van der Waals surface area (Å²) in [5, 5.41) is 22.2. The third kappa shape index (κ3) is 3.13.